The van der Waals surface area contributed by atoms with Crippen LogP contribution in [0.25, 0.3) is 0 Å². The van der Waals surface area contributed by atoms with E-state index in [9.17, 15) is 9.90 Å². The Balaban J connectivity index is 1.69. The van der Waals surface area contributed by atoms with E-state index >= 15 is 0 Å². The Labute approximate surface area is 128 Å². The molecule has 2 nitrogen and oxygen atoms in total. The number of ketones is 1. The van der Waals surface area contributed by atoms with Crippen molar-refractivity contribution >= 4 is 5.78 Å². The minimum atomic E-state index is -0.411. The molecule has 4 aliphatic rings. The van der Waals surface area contributed by atoms with E-state index in [-0.39, 0.29) is 5.41 Å². The van der Waals surface area contributed by atoms with Crippen molar-refractivity contribution in [3.05, 3.63) is 0 Å². The van der Waals surface area contributed by atoms with E-state index in [1.54, 1.807) is 0 Å². The van der Waals surface area contributed by atoms with Crippen LogP contribution in [0.15, 0.2) is 0 Å². The summed E-state index contributed by atoms with van der Waals surface area (Å²) in [5.74, 6) is 2.22. The van der Waals surface area contributed by atoms with E-state index in [0.717, 1.165) is 32.1 Å². The highest BCUT2D eigenvalue weighted by Crippen LogP contribution is 2.67. The first-order valence-corrected chi connectivity index (χ1v) is 9.13. The van der Waals surface area contributed by atoms with Gasteiger partial charge in [0.1, 0.15) is 5.78 Å². The molecule has 0 spiro atoms. The molecular formula is C19H30O2. The summed E-state index contributed by atoms with van der Waals surface area (Å²) in [4.78, 5) is 11.9. The maximum atomic E-state index is 11.9. The average molecular weight is 290 g/mol. The fraction of sp³-hybridized carbons (Fsp3) is 0.947. The molecular weight excluding hydrogens is 260 g/mol. The zero-order valence-corrected chi connectivity index (χ0v) is 13.7. The van der Waals surface area contributed by atoms with Crippen molar-refractivity contribution in [2.75, 3.05) is 0 Å². The second-order valence-corrected chi connectivity index (χ2v) is 9.11. The number of aliphatic hydroxyl groups is 1. The normalized spacial score (nSPS) is 56.5. The maximum absolute atomic E-state index is 11.9. The average Bonchev–Trinajstić information content (AvgIpc) is 2.75. The zero-order chi connectivity index (χ0) is 14.9. The van der Waals surface area contributed by atoms with Crippen LogP contribution in [-0.4, -0.2) is 16.5 Å². The van der Waals surface area contributed by atoms with Gasteiger partial charge in [-0.05, 0) is 80.0 Å². The summed E-state index contributed by atoms with van der Waals surface area (Å²) in [6, 6.07) is 0. The molecule has 4 aliphatic carbocycles. The third-order valence-electron chi connectivity index (χ3n) is 8.46. The summed E-state index contributed by atoms with van der Waals surface area (Å²) in [7, 11) is 0. The van der Waals surface area contributed by atoms with Crippen LogP contribution in [-0.2, 0) is 4.79 Å². The van der Waals surface area contributed by atoms with E-state index < -0.39 is 5.60 Å². The van der Waals surface area contributed by atoms with Gasteiger partial charge in [0, 0.05) is 12.8 Å². The van der Waals surface area contributed by atoms with Crippen molar-refractivity contribution < 1.29 is 9.90 Å². The highest BCUT2D eigenvalue weighted by atomic mass is 16.3. The maximum Gasteiger partial charge on any atom is 0.133 e. The lowest BCUT2D eigenvalue weighted by molar-refractivity contribution is -0.197. The fourth-order valence-corrected chi connectivity index (χ4v) is 7.00. The standard InChI is InChI=1S/C19H30O2/c1-17-8-3-9-19(17,21)16-5-4-13-12-14(20)6-11-18(13,2)15(16)7-10-17/h13,15-16,21H,3-12H2,1-2H3/t13-,15-,16+,17-,18-,19-/m0/s1. The molecule has 0 aliphatic heterocycles. The van der Waals surface area contributed by atoms with Crippen LogP contribution < -0.4 is 0 Å². The van der Waals surface area contributed by atoms with Crippen LogP contribution in [0.1, 0.15) is 78.1 Å². The Morgan fingerprint density at radius 2 is 1.81 bits per heavy atom. The van der Waals surface area contributed by atoms with Gasteiger partial charge in [0.05, 0.1) is 5.60 Å². The molecule has 0 aromatic rings. The molecule has 0 aromatic heterocycles. The SMILES string of the molecule is C[C@]12CCC(=O)C[C@@H]1CC[C@@H]1[C@@H]2CC[C@]2(C)CCC[C@]12O. The van der Waals surface area contributed by atoms with Gasteiger partial charge in [-0.15, -0.1) is 0 Å². The first-order chi connectivity index (χ1) is 9.89. The molecule has 4 rings (SSSR count). The topological polar surface area (TPSA) is 37.3 Å². The number of fused-ring (bicyclic) bond motifs is 5. The Kier molecular flexibility index (Phi) is 2.94. The Bertz CT molecular complexity index is 472. The molecule has 0 aromatic carbocycles. The van der Waals surface area contributed by atoms with E-state index in [1.165, 1.54) is 32.1 Å². The lowest BCUT2D eigenvalue weighted by atomic mass is 9.44. The van der Waals surface area contributed by atoms with Gasteiger partial charge in [0.25, 0.3) is 0 Å². The summed E-state index contributed by atoms with van der Waals surface area (Å²) < 4.78 is 0. The number of carbonyl (C=O) groups is 1. The smallest absolute Gasteiger partial charge is 0.133 e. The van der Waals surface area contributed by atoms with Crippen molar-refractivity contribution in [2.24, 2.45) is 28.6 Å². The number of hydrogen-bond acceptors (Lipinski definition) is 2. The van der Waals surface area contributed by atoms with E-state index in [1.807, 2.05) is 0 Å². The molecule has 4 fully saturated rings. The Morgan fingerprint density at radius 1 is 1.00 bits per heavy atom. The van der Waals surface area contributed by atoms with E-state index in [2.05, 4.69) is 13.8 Å². The van der Waals surface area contributed by atoms with Gasteiger partial charge in [0.15, 0.2) is 0 Å². The van der Waals surface area contributed by atoms with Crippen molar-refractivity contribution in [3.63, 3.8) is 0 Å². The van der Waals surface area contributed by atoms with Gasteiger partial charge in [-0.1, -0.05) is 13.8 Å². The van der Waals surface area contributed by atoms with Crippen molar-refractivity contribution in [1.82, 2.24) is 0 Å². The van der Waals surface area contributed by atoms with Crippen LogP contribution in [0.5, 0.6) is 0 Å². The van der Waals surface area contributed by atoms with Crippen LogP contribution in [0.4, 0.5) is 0 Å². The fourth-order valence-electron chi connectivity index (χ4n) is 7.00. The molecule has 6 atom stereocenters. The minimum absolute atomic E-state index is 0.169. The quantitative estimate of drug-likeness (QED) is 0.729. The van der Waals surface area contributed by atoms with E-state index in [0.29, 0.717) is 29.0 Å². The molecule has 0 heterocycles. The third kappa shape index (κ3) is 1.72. The largest absolute Gasteiger partial charge is 0.389 e. The van der Waals surface area contributed by atoms with Crippen molar-refractivity contribution in [2.45, 2.75) is 83.7 Å². The number of Topliss-reactive ketones (excluding diaryl/α,β-unsaturated/α-hetero) is 1. The summed E-state index contributed by atoms with van der Waals surface area (Å²) in [6.07, 6.45) is 10.9. The molecule has 1 N–H and O–H groups in total. The van der Waals surface area contributed by atoms with Gasteiger partial charge < -0.3 is 5.11 Å². The zero-order valence-electron chi connectivity index (χ0n) is 13.7. The first kappa shape index (κ1) is 14.2. The van der Waals surface area contributed by atoms with Crippen LogP contribution in [0, 0.1) is 28.6 Å². The number of hydrogen-bond donors (Lipinski definition) is 1. The molecule has 0 unspecified atom stereocenters. The van der Waals surface area contributed by atoms with E-state index in [4.69, 9.17) is 0 Å². The summed E-state index contributed by atoms with van der Waals surface area (Å²) in [6.45, 7) is 4.79. The molecule has 4 saturated carbocycles. The van der Waals surface area contributed by atoms with Crippen LogP contribution >= 0.6 is 0 Å². The highest BCUT2D eigenvalue weighted by Gasteiger charge is 2.64. The van der Waals surface area contributed by atoms with Gasteiger partial charge in [-0.2, -0.15) is 0 Å². The molecule has 21 heavy (non-hydrogen) atoms. The minimum Gasteiger partial charge on any atom is -0.389 e. The van der Waals surface area contributed by atoms with Gasteiger partial charge >= 0.3 is 0 Å². The summed E-state index contributed by atoms with van der Waals surface area (Å²) in [5.41, 5.74) is 0.0731. The van der Waals surface area contributed by atoms with Crippen molar-refractivity contribution in [1.29, 1.82) is 0 Å². The second kappa shape index (κ2) is 4.34. The monoisotopic (exact) mass is 290 g/mol. The molecule has 0 saturated heterocycles. The lowest BCUT2D eigenvalue weighted by Crippen LogP contribution is -2.61. The highest BCUT2D eigenvalue weighted by molar-refractivity contribution is 5.79. The van der Waals surface area contributed by atoms with Gasteiger partial charge in [-0.25, -0.2) is 0 Å². The van der Waals surface area contributed by atoms with Crippen LogP contribution in [0.2, 0.25) is 0 Å². The van der Waals surface area contributed by atoms with Gasteiger partial charge in [0.2, 0.25) is 0 Å². The predicted molar refractivity (Wildman–Crippen MR) is 82.8 cm³/mol. The van der Waals surface area contributed by atoms with Crippen molar-refractivity contribution in [3.8, 4) is 0 Å². The molecule has 0 amide bonds. The molecule has 2 heteroatoms. The lowest BCUT2D eigenvalue weighted by Gasteiger charge is -2.62. The summed E-state index contributed by atoms with van der Waals surface area (Å²) in [5, 5.41) is 11.6. The predicted octanol–water partition coefficient (Wildman–Crippen LogP) is 4.10. The number of rotatable bonds is 0. The van der Waals surface area contributed by atoms with Gasteiger partial charge in [-0.3, -0.25) is 4.79 Å². The molecule has 0 radical (unpaired) electrons. The first-order valence-electron chi connectivity index (χ1n) is 9.13. The second-order valence-electron chi connectivity index (χ2n) is 9.11. The summed E-state index contributed by atoms with van der Waals surface area (Å²) >= 11 is 0. The third-order valence-corrected chi connectivity index (χ3v) is 8.46. The number of carbonyl (C=O) groups excluding carboxylic acids is 1. The van der Waals surface area contributed by atoms with Crippen LogP contribution in [0.3, 0.4) is 0 Å². The Hall–Kier alpha value is -0.370. The molecule has 118 valence electrons. The Morgan fingerprint density at radius 3 is 2.62 bits per heavy atom. The molecule has 0 bridgehead atoms.